The van der Waals surface area contributed by atoms with Gasteiger partial charge in [-0.25, -0.2) is 24.0 Å². The molecule has 0 bridgehead atoms. The number of amides is 3. The fraction of sp³-hybridized carbons (Fsp3) is 0.540. The van der Waals surface area contributed by atoms with Crippen molar-refractivity contribution in [2.45, 2.75) is 208 Å². The van der Waals surface area contributed by atoms with E-state index in [4.69, 9.17) is 33.2 Å². The van der Waals surface area contributed by atoms with Crippen molar-refractivity contribution in [3.8, 4) is 0 Å². The molecule has 0 saturated carbocycles. The number of imide groups is 1. The van der Waals surface area contributed by atoms with Crippen molar-refractivity contribution >= 4 is 30.2 Å². The van der Waals surface area contributed by atoms with Gasteiger partial charge >= 0.3 is 30.2 Å². The number of hydrogen-bond acceptors (Lipinski definition) is 12. The highest BCUT2D eigenvalue weighted by Crippen LogP contribution is 2.32. The van der Waals surface area contributed by atoms with Crippen LogP contribution in [-0.2, 0) is 68.8 Å². The van der Waals surface area contributed by atoms with Crippen molar-refractivity contribution in [2.24, 2.45) is 11.8 Å². The first-order chi connectivity index (χ1) is 36.2. The van der Waals surface area contributed by atoms with E-state index in [0.717, 1.165) is 47.3 Å². The molecular weight excluding hydrogens is 977 g/mol. The second-order valence-electron chi connectivity index (χ2n) is 23.6. The molecular formula is C63H86N2O12. The number of nitrogens with zero attached hydrogens (tertiary/aromatic N) is 1. The van der Waals surface area contributed by atoms with Gasteiger partial charge in [-0.05, 0) is 163 Å². The van der Waals surface area contributed by atoms with Crippen LogP contribution in [0.1, 0.15) is 148 Å². The zero-order chi connectivity index (χ0) is 56.5. The molecule has 2 heterocycles. The predicted molar refractivity (Wildman–Crippen MR) is 297 cm³/mol. The number of benzene rings is 4. The molecule has 1 N–H and O–H groups in total. The van der Waals surface area contributed by atoms with E-state index in [0.29, 0.717) is 32.5 Å². The average molecular weight is 1060 g/mol. The van der Waals surface area contributed by atoms with Gasteiger partial charge in [-0.1, -0.05) is 133 Å². The third-order valence-corrected chi connectivity index (χ3v) is 13.1. The number of cyclic esters (lactones) is 2. The summed E-state index contributed by atoms with van der Waals surface area (Å²) in [4.78, 5) is 66.5. The van der Waals surface area contributed by atoms with Crippen molar-refractivity contribution in [3.05, 3.63) is 143 Å². The zero-order valence-electron chi connectivity index (χ0n) is 47.9. The van der Waals surface area contributed by atoms with Crippen molar-refractivity contribution < 1.29 is 57.1 Å². The Kier molecular flexibility index (Phi) is 22.7. The maximum atomic E-state index is 13.7. The Morgan fingerprint density at radius 2 is 0.909 bits per heavy atom. The molecule has 0 spiro atoms. The van der Waals surface area contributed by atoms with Crippen LogP contribution in [0.15, 0.2) is 109 Å². The van der Waals surface area contributed by atoms with Gasteiger partial charge in [0.2, 0.25) is 0 Å². The standard InChI is InChI=1S/C34H47NO7.C29H39NO5/c1-23-17-19-25(20-18-23)21-27-15-12-16-28(35(31(37)41-33(3,4)5)32(38)42-34(6,7)8)30(36)40-24(2)29(27)39-22-26-13-10-9-11-14-26;1-20-14-16-22(17-15-20)18-24-12-9-13-25(30-28(32)35-29(3,4)5)27(31)34-21(2)26(24)33-19-23-10-7-6-8-11-23/h9-11,13-14,17-20,24,27-29H,12,15-16,21-22H2,1-8H3;6-8,10-11,14-17,21,24-26H,9,12-13,18-19H2,1-5H3,(H,30,32)/t24-,27+,28-,29-;21-,24+,25-,26-/m00/s1. The molecule has 0 aliphatic carbocycles. The van der Waals surface area contributed by atoms with Crippen molar-refractivity contribution in [3.63, 3.8) is 0 Å². The van der Waals surface area contributed by atoms with Crippen LogP contribution in [0.4, 0.5) is 14.4 Å². The molecule has 4 aromatic carbocycles. The molecule has 0 radical (unpaired) electrons. The first-order valence-corrected chi connectivity index (χ1v) is 27.3. The van der Waals surface area contributed by atoms with Crippen LogP contribution in [0.25, 0.3) is 0 Å². The first kappa shape index (κ1) is 61.6. The van der Waals surface area contributed by atoms with E-state index in [1.54, 1.807) is 62.3 Å². The van der Waals surface area contributed by atoms with E-state index in [9.17, 15) is 24.0 Å². The number of carbonyl (C=O) groups excluding carboxylic acids is 5. The Labute approximate surface area is 458 Å². The van der Waals surface area contributed by atoms with Gasteiger partial charge in [-0.15, -0.1) is 0 Å². The maximum Gasteiger partial charge on any atom is 0.420 e. The van der Waals surface area contributed by atoms with E-state index in [-0.39, 0.29) is 24.4 Å². The summed E-state index contributed by atoms with van der Waals surface area (Å²) in [5.41, 5.74) is 4.47. The van der Waals surface area contributed by atoms with Crippen molar-refractivity contribution in [1.29, 1.82) is 0 Å². The summed E-state index contributed by atoms with van der Waals surface area (Å²) in [7, 11) is 0. The highest BCUT2D eigenvalue weighted by Gasteiger charge is 2.44. The molecule has 8 atom stereocenters. The smallest absolute Gasteiger partial charge is 0.420 e. The monoisotopic (exact) mass is 1060 g/mol. The highest BCUT2D eigenvalue weighted by molar-refractivity contribution is 5.94. The third-order valence-electron chi connectivity index (χ3n) is 13.1. The molecule has 2 saturated heterocycles. The lowest BCUT2D eigenvalue weighted by molar-refractivity contribution is -0.165. The highest BCUT2D eigenvalue weighted by atomic mass is 16.6. The van der Waals surface area contributed by atoms with Crippen LogP contribution in [0.2, 0.25) is 0 Å². The molecule has 14 nitrogen and oxygen atoms in total. The quantitative estimate of drug-likeness (QED) is 0.106. The molecule has 3 amide bonds. The van der Waals surface area contributed by atoms with Gasteiger partial charge in [-0.2, -0.15) is 4.90 Å². The molecule has 77 heavy (non-hydrogen) atoms. The Hall–Kier alpha value is -6.25. The Balaban J connectivity index is 0.000000289. The first-order valence-electron chi connectivity index (χ1n) is 27.3. The summed E-state index contributed by atoms with van der Waals surface area (Å²) in [6.45, 7) is 24.2. The van der Waals surface area contributed by atoms with E-state index in [2.05, 4.69) is 67.7 Å². The number of nitrogens with one attached hydrogen (secondary N) is 1. The number of alkyl carbamates (subject to hydrolysis) is 1. The SMILES string of the molecule is Cc1ccc(C[C@H]2CCC[C@H](N(C(=O)OC(C)(C)C)C(=O)OC(C)(C)C)C(=O)O[C@@H](C)[C@@H]2OCc2ccccc2)cc1.Cc1ccc(C[C@H]2CCC[C@H](NC(=O)OC(C)(C)C)C(=O)O[C@@H](C)[C@@H]2OCc2ccccc2)cc1. The summed E-state index contributed by atoms with van der Waals surface area (Å²) in [6, 6.07) is 34.9. The minimum Gasteiger partial charge on any atom is -0.458 e. The summed E-state index contributed by atoms with van der Waals surface area (Å²) in [6.07, 6.45) is 0.797. The lowest BCUT2D eigenvalue weighted by atomic mass is 9.86. The lowest BCUT2D eigenvalue weighted by Crippen LogP contribution is -2.53. The number of ether oxygens (including phenoxy) is 7. The fourth-order valence-electron chi connectivity index (χ4n) is 9.48. The van der Waals surface area contributed by atoms with Crippen LogP contribution in [0, 0.1) is 25.7 Å². The van der Waals surface area contributed by atoms with Crippen LogP contribution in [0.5, 0.6) is 0 Å². The Bertz CT molecular complexity index is 2450. The van der Waals surface area contributed by atoms with Gasteiger partial charge in [0.25, 0.3) is 0 Å². The van der Waals surface area contributed by atoms with Crippen molar-refractivity contribution in [1.82, 2.24) is 10.2 Å². The zero-order valence-corrected chi connectivity index (χ0v) is 47.9. The van der Waals surface area contributed by atoms with Crippen molar-refractivity contribution in [2.75, 3.05) is 0 Å². The van der Waals surface area contributed by atoms with Crippen LogP contribution < -0.4 is 5.32 Å². The molecule has 2 fully saturated rings. The van der Waals surface area contributed by atoms with Gasteiger partial charge in [-0.3, -0.25) is 0 Å². The van der Waals surface area contributed by atoms with E-state index < -0.39 is 77.4 Å². The molecule has 6 rings (SSSR count). The Morgan fingerprint density at radius 1 is 0.519 bits per heavy atom. The molecule has 420 valence electrons. The van der Waals surface area contributed by atoms with Gasteiger partial charge in [0, 0.05) is 0 Å². The molecule has 0 unspecified atom stereocenters. The number of carbonyl (C=O) groups is 5. The van der Waals surface area contributed by atoms with Gasteiger partial charge in [0.1, 0.15) is 41.1 Å². The molecule has 0 aromatic heterocycles. The number of aryl methyl sites for hydroxylation is 2. The fourth-order valence-corrected chi connectivity index (χ4v) is 9.48. The normalized spacial score (nSPS) is 22.5. The largest absolute Gasteiger partial charge is 0.458 e. The number of rotatable bonds is 12. The topological polar surface area (TPSA) is 165 Å². The third kappa shape index (κ3) is 21.2. The molecule has 14 heteroatoms. The van der Waals surface area contributed by atoms with Crippen LogP contribution in [0.3, 0.4) is 0 Å². The van der Waals surface area contributed by atoms with Crippen LogP contribution in [-0.4, -0.2) is 88.4 Å². The second kappa shape index (κ2) is 28.4. The van der Waals surface area contributed by atoms with Gasteiger partial charge < -0.3 is 38.5 Å². The molecule has 2 aliphatic rings. The minimum absolute atomic E-state index is 0.0227. The lowest BCUT2D eigenvalue weighted by Gasteiger charge is -2.33. The van der Waals surface area contributed by atoms with E-state index in [1.807, 2.05) is 74.5 Å². The maximum absolute atomic E-state index is 13.7. The van der Waals surface area contributed by atoms with E-state index >= 15 is 0 Å². The van der Waals surface area contributed by atoms with E-state index in [1.165, 1.54) is 16.7 Å². The number of hydrogen-bond donors (Lipinski definition) is 1. The number of esters is 2. The molecule has 4 aromatic rings. The summed E-state index contributed by atoms with van der Waals surface area (Å²) < 4.78 is 41.2. The second-order valence-corrected chi connectivity index (χ2v) is 23.6. The summed E-state index contributed by atoms with van der Waals surface area (Å²) in [5, 5.41) is 2.71. The predicted octanol–water partition coefficient (Wildman–Crippen LogP) is 13.1. The minimum atomic E-state index is -1.20. The summed E-state index contributed by atoms with van der Waals surface area (Å²) in [5.74, 6) is -0.963. The summed E-state index contributed by atoms with van der Waals surface area (Å²) >= 11 is 0. The average Bonchev–Trinajstić information content (AvgIpc) is 3.42. The Morgan fingerprint density at radius 3 is 1.31 bits per heavy atom. The van der Waals surface area contributed by atoms with Gasteiger partial charge in [0.15, 0.2) is 0 Å². The molecule has 2 aliphatic heterocycles. The van der Waals surface area contributed by atoms with Crippen LogP contribution >= 0.6 is 0 Å². The van der Waals surface area contributed by atoms with Gasteiger partial charge in [0.05, 0.1) is 25.4 Å².